The van der Waals surface area contributed by atoms with Gasteiger partial charge in [-0.25, -0.2) is 0 Å². The molecule has 1 aliphatic rings. The third-order valence-corrected chi connectivity index (χ3v) is 2.59. The summed E-state index contributed by atoms with van der Waals surface area (Å²) < 4.78 is 5.47. The van der Waals surface area contributed by atoms with Crippen molar-refractivity contribution in [3.8, 4) is 11.5 Å². The minimum atomic E-state index is 0.0896. The first-order valence-electron chi connectivity index (χ1n) is 3.88. The van der Waals surface area contributed by atoms with E-state index in [0.29, 0.717) is 0 Å². The van der Waals surface area contributed by atoms with Crippen LogP contribution in [-0.4, -0.2) is 10.1 Å². The van der Waals surface area contributed by atoms with Crippen LogP contribution >= 0.6 is 15.9 Å². The number of aromatic hydroxyl groups is 1. The average Bonchev–Trinajstić information content (AvgIpc) is 2.03. The van der Waals surface area contributed by atoms with E-state index in [1.54, 1.807) is 12.1 Å². The van der Waals surface area contributed by atoms with E-state index >= 15 is 0 Å². The minimum Gasteiger partial charge on any atom is -0.508 e. The molecule has 1 unspecified atom stereocenters. The SMILES string of the molecule is Oc1ccc2c(c1)OC(Br)CC2. The van der Waals surface area contributed by atoms with Crippen molar-refractivity contribution in [2.75, 3.05) is 0 Å². The zero-order valence-electron chi connectivity index (χ0n) is 6.46. The lowest BCUT2D eigenvalue weighted by Gasteiger charge is -2.21. The van der Waals surface area contributed by atoms with Crippen molar-refractivity contribution in [3.05, 3.63) is 23.8 Å². The molecule has 1 heterocycles. The van der Waals surface area contributed by atoms with Gasteiger partial charge in [0.25, 0.3) is 0 Å². The fourth-order valence-corrected chi connectivity index (χ4v) is 1.76. The summed E-state index contributed by atoms with van der Waals surface area (Å²) in [5, 5.41) is 9.27. The molecule has 0 amide bonds. The van der Waals surface area contributed by atoms with E-state index in [-0.39, 0.29) is 10.8 Å². The van der Waals surface area contributed by atoms with Crippen molar-refractivity contribution in [2.24, 2.45) is 0 Å². The van der Waals surface area contributed by atoms with Crippen molar-refractivity contribution < 1.29 is 9.84 Å². The Kier molecular flexibility index (Phi) is 1.97. The number of hydrogen-bond donors (Lipinski definition) is 1. The minimum absolute atomic E-state index is 0.0896. The molecule has 1 aliphatic heterocycles. The molecule has 0 fully saturated rings. The van der Waals surface area contributed by atoms with Gasteiger partial charge >= 0.3 is 0 Å². The van der Waals surface area contributed by atoms with Gasteiger partial charge in [-0.15, -0.1) is 0 Å². The molecule has 2 nitrogen and oxygen atoms in total. The third-order valence-electron chi connectivity index (χ3n) is 1.95. The first-order valence-corrected chi connectivity index (χ1v) is 4.80. The Morgan fingerprint density at radius 1 is 1.50 bits per heavy atom. The van der Waals surface area contributed by atoms with Crippen molar-refractivity contribution in [1.82, 2.24) is 0 Å². The molecule has 1 aromatic carbocycles. The monoisotopic (exact) mass is 228 g/mol. The predicted octanol–water partition coefficient (Wildman–Crippen LogP) is 2.44. The van der Waals surface area contributed by atoms with E-state index in [2.05, 4.69) is 15.9 Å². The van der Waals surface area contributed by atoms with Crippen LogP contribution in [0, 0.1) is 0 Å². The van der Waals surface area contributed by atoms with Crippen LogP contribution in [0.25, 0.3) is 0 Å². The molecule has 1 atom stereocenters. The average molecular weight is 229 g/mol. The number of phenols is 1. The Morgan fingerprint density at radius 3 is 3.17 bits per heavy atom. The summed E-state index contributed by atoms with van der Waals surface area (Å²) in [5.41, 5.74) is 1.17. The van der Waals surface area contributed by atoms with E-state index in [4.69, 9.17) is 4.74 Å². The Bertz CT molecular complexity index is 299. The number of fused-ring (bicyclic) bond motifs is 1. The van der Waals surface area contributed by atoms with Crippen molar-refractivity contribution >= 4 is 15.9 Å². The van der Waals surface area contributed by atoms with E-state index in [9.17, 15) is 5.11 Å². The maximum Gasteiger partial charge on any atom is 0.153 e. The van der Waals surface area contributed by atoms with E-state index in [0.717, 1.165) is 18.6 Å². The van der Waals surface area contributed by atoms with Crippen molar-refractivity contribution in [2.45, 2.75) is 17.9 Å². The van der Waals surface area contributed by atoms with Crippen LogP contribution in [0.15, 0.2) is 18.2 Å². The molecule has 0 aliphatic carbocycles. The van der Waals surface area contributed by atoms with Gasteiger partial charge in [0, 0.05) is 6.07 Å². The summed E-state index contributed by atoms with van der Waals surface area (Å²) >= 11 is 3.38. The molecule has 2 rings (SSSR count). The number of ether oxygens (including phenoxy) is 1. The molecule has 64 valence electrons. The highest BCUT2D eigenvalue weighted by Crippen LogP contribution is 2.32. The number of rotatable bonds is 0. The lowest BCUT2D eigenvalue weighted by molar-refractivity contribution is 0.261. The first-order chi connectivity index (χ1) is 5.75. The summed E-state index contributed by atoms with van der Waals surface area (Å²) in [6.07, 6.45) is 1.99. The molecule has 0 saturated heterocycles. The van der Waals surface area contributed by atoms with Crippen LogP contribution in [0.4, 0.5) is 0 Å². The van der Waals surface area contributed by atoms with Crippen molar-refractivity contribution in [1.29, 1.82) is 0 Å². The lowest BCUT2D eigenvalue weighted by atomic mass is 10.1. The summed E-state index contributed by atoms with van der Waals surface area (Å²) in [5.74, 6) is 1.05. The summed E-state index contributed by atoms with van der Waals surface area (Å²) in [6.45, 7) is 0. The lowest BCUT2D eigenvalue weighted by Crippen LogP contribution is -2.15. The molecule has 12 heavy (non-hydrogen) atoms. The normalized spacial score (nSPS) is 21.2. The van der Waals surface area contributed by atoms with E-state index in [1.165, 1.54) is 5.56 Å². The molecule has 0 aromatic heterocycles. The van der Waals surface area contributed by atoms with Crippen LogP contribution < -0.4 is 4.74 Å². The van der Waals surface area contributed by atoms with Gasteiger partial charge in [-0.2, -0.15) is 0 Å². The molecule has 0 bridgehead atoms. The number of hydrogen-bond acceptors (Lipinski definition) is 2. The summed E-state index contributed by atoms with van der Waals surface area (Å²) in [6, 6.07) is 5.25. The second-order valence-electron chi connectivity index (χ2n) is 2.86. The summed E-state index contributed by atoms with van der Waals surface area (Å²) in [4.78, 5) is 0. The van der Waals surface area contributed by atoms with Gasteiger partial charge < -0.3 is 9.84 Å². The topological polar surface area (TPSA) is 29.5 Å². The highest BCUT2D eigenvalue weighted by Gasteiger charge is 2.16. The number of halogens is 1. The second-order valence-corrected chi connectivity index (χ2v) is 3.88. The summed E-state index contributed by atoms with van der Waals surface area (Å²) in [7, 11) is 0. The maximum absolute atomic E-state index is 9.18. The third kappa shape index (κ3) is 1.41. The van der Waals surface area contributed by atoms with Gasteiger partial charge in [0.1, 0.15) is 11.5 Å². The van der Waals surface area contributed by atoms with Gasteiger partial charge in [-0.3, -0.25) is 0 Å². The molecule has 0 radical (unpaired) electrons. The second kappa shape index (κ2) is 2.98. The van der Waals surface area contributed by atoms with E-state index < -0.39 is 0 Å². The Balaban J connectivity index is 2.37. The Hall–Kier alpha value is -0.700. The number of alkyl halides is 1. The van der Waals surface area contributed by atoms with Crippen LogP contribution in [0.3, 0.4) is 0 Å². The fraction of sp³-hybridized carbons (Fsp3) is 0.333. The zero-order valence-corrected chi connectivity index (χ0v) is 8.04. The van der Waals surface area contributed by atoms with Crippen LogP contribution in [0.1, 0.15) is 12.0 Å². The largest absolute Gasteiger partial charge is 0.508 e. The Labute approximate surface area is 79.3 Å². The molecule has 0 spiro atoms. The highest BCUT2D eigenvalue weighted by molar-refractivity contribution is 9.09. The van der Waals surface area contributed by atoms with Crippen LogP contribution in [0.5, 0.6) is 11.5 Å². The standard InChI is InChI=1S/C9H9BrO2/c10-9-4-2-6-1-3-7(11)5-8(6)12-9/h1,3,5,9,11H,2,4H2. The quantitative estimate of drug-likeness (QED) is 0.692. The van der Waals surface area contributed by atoms with Gasteiger partial charge in [0.05, 0.1) is 0 Å². The van der Waals surface area contributed by atoms with Gasteiger partial charge in [0.2, 0.25) is 0 Å². The number of aryl methyl sites for hydroxylation is 1. The fourth-order valence-electron chi connectivity index (χ4n) is 1.33. The molecule has 0 saturated carbocycles. The smallest absolute Gasteiger partial charge is 0.153 e. The molecule has 3 heteroatoms. The Morgan fingerprint density at radius 2 is 2.33 bits per heavy atom. The van der Waals surface area contributed by atoms with Crippen molar-refractivity contribution in [3.63, 3.8) is 0 Å². The molecular weight excluding hydrogens is 220 g/mol. The molecular formula is C9H9BrO2. The zero-order chi connectivity index (χ0) is 8.55. The first kappa shape index (κ1) is 7.92. The van der Waals surface area contributed by atoms with Gasteiger partial charge in [0.15, 0.2) is 5.01 Å². The van der Waals surface area contributed by atoms with E-state index in [1.807, 2.05) is 6.07 Å². The maximum atomic E-state index is 9.18. The number of benzene rings is 1. The molecule has 1 aromatic rings. The van der Waals surface area contributed by atoms with Crippen LogP contribution in [-0.2, 0) is 6.42 Å². The van der Waals surface area contributed by atoms with Crippen LogP contribution in [0.2, 0.25) is 0 Å². The van der Waals surface area contributed by atoms with Gasteiger partial charge in [-0.1, -0.05) is 6.07 Å². The number of phenolic OH excluding ortho intramolecular Hbond substituents is 1. The van der Waals surface area contributed by atoms with Gasteiger partial charge in [-0.05, 0) is 40.4 Å². The highest BCUT2D eigenvalue weighted by atomic mass is 79.9. The predicted molar refractivity (Wildman–Crippen MR) is 49.8 cm³/mol. The molecule has 1 N–H and O–H groups in total.